The topological polar surface area (TPSA) is 73.9 Å². The third kappa shape index (κ3) is 3.13. The lowest BCUT2D eigenvalue weighted by molar-refractivity contribution is 0.249. The lowest BCUT2D eigenvalue weighted by atomic mass is 10.1. The van der Waals surface area contributed by atoms with E-state index < -0.39 is 0 Å². The predicted octanol–water partition coefficient (Wildman–Crippen LogP) is 2.36. The molecule has 1 aliphatic carbocycles. The normalized spacial score (nSPS) is 18.0. The van der Waals surface area contributed by atoms with Gasteiger partial charge in [0.2, 0.25) is 0 Å². The summed E-state index contributed by atoms with van der Waals surface area (Å²) < 4.78 is 2.20. The highest BCUT2D eigenvalue weighted by Gasteiger charge is 2.27. The van der Waals surface area contributed by atoms with E-state index in [1.54, 1.807) is 6.33 Å². The van der Waals surface area contributed by atoms with Crippen LogP contribution in [-0.4, -0.2) is 50.6 Å². The largest absolute Gasteiger partial charge is 0.352 e. The van der Waals surface area contributed by atoms with Crippen LogP contribution in [0, 0.1) is 11.3 Å². The van der Waals surface area contributed by atoms with Crippen LogP contribution in [0.1, 0.15) is 30.0 Å². The lowest BCUT2D eigenvalue weighted by Crippen LogP contribution is -2.46. The summed E-state index contributed by atoms with van der Waals surface area (Å²) in [6.45, 7) is 4.73. The molecule has 0 bridgehead atoms. The minimum atomic E-state index is 0.571. The van der Waals surface area contributed by atoms with Crippen molar-refractivity contribution in [1.29, 1.82) is 5.26 Å². The number of nitriles is 1. The number of piperazine rings is 1. The Bertz CT molecular complexity index is 989. The highest BCUT2D eigenvalue weighted by molar-refractivity contribution is 5.83. The van der Waals surface area contributed by atoms with Gasteiger partial charge in [-0.3, -0.25) is 4.90 Å². The Hall–Kier alpha value is -2.98. The Labute approximate surface area is 157 Å². The lowest BCUT2D eigenvalue weighted by Gasteiger charge is -2.35. The second kappa shape index (κ2) is 6.63. The number of hydrogen-bond acceptors (Lipinski definition) is 6. The number of fused-ring (bicyclic) bond motifs is 1. The number of rotatable bonds is 4. The number of anilines is 1. The van der Waals surface area contributed by atoms with Gasteiger partial charge in [0, 0.05) is 38.8 Å². The molecule has 2 fully saturated rings. The van der Waals surface area contributed by atoms with E-state index in [1.807, 2.05) is 30.6 Å². The maximum absolute atomic E-state index is 8.91. The summed E-state index contributed by atoms with van der Waals surface area (Å²) in [6.07, 6.45) is 6.03. The summed E-state index contributed by atoms with van der Waals surface area (Å²) in [4.78, 5) is 18.4. The van der Waals surface area contributed by atoms with Crippen LogP contribution in [0.4, 0.5) is 5.82 Å². The zero-order valence-corrected chi connectivity index (χ0v) is 15.1. The maximum atomic E-state index is 8.91. The molecule has 3 heterocycles. The molecule has 1 aromatic carbocycles. The van der Waals surface area contributed by atoms with Gasteiger partial charge in [-0.15, -0.1) is 0 Å². The Morgan fingerprint density at radius 1 is 1.00 bits per heavy atom. The van der Waals surface area contributed by atoms with Crippen LogP contribution in [0.2, 0.25) is 0 Å². The molecule has 27 heavy (non-hydrogen) atoms. The van der Waals surface area contributed by atoms with Crippen molar-refractivity contribution >= 4 is 17.0 Å². The number of benzene rings is 1. The number of aromatic nitrogens is 4. The zero-order chi connectivity index (χ0) is 18.2. The van der Waals surface area contributed by atoms with Crippen molar-refractivity contribution in [2.24, 2.45) is 0 Å². The second-order valence-corrected chi connectivity index (χ2v) is 7.32. The van der Waals surface area contributed by atoms with E-state index in [-0.39, 0.29) is 0 Å². The van der Waals surface area contributed by atoms with E-state index in [0.29, 0.717) is 11.6 Å². The van der Waals surface area contributed by atoms with Gasteiger partial charge in [-0.1, -0.05) is 12.1 Å². The standard InChI is InChI=1S/C20H21N7/c21-11-15-1-3-16(4-2-15)12-25-7-9-26(10-8-25)19-18-20(23-13-22-19)27(14-24-18)17-5-6-17/h1-4,13-14,17H,5-10,12H2. The van der Waals surface area contributed by atoms with Gasteiger partial charge >= 0.3 is 0 Å². The van der Waals surface area contributed by atoms with E-state index in [9.17, 15) is 0 Å². The molecule has 0 amide bonds. The van der Waals surface area contributed by atoms with Gasteiger partial charge in [0.25, 0.3) is 0 Å². The van der Waals surface area contributed by atoms with Crippen LogP contribution < -0.4 is 4.90 Å². The third-order valence-corrected chi connectivity index (χ3v) is 5.44. The summed E-state index contributed by atoms with van der Waals surface area (Å²) in [7, 11) is 0. The van der Waals surface area contributed by atoms with Gasteiger partial charge in [0.15, 0.2) is 17.0 Å². The molecular weight excluding hydrogens is 338 g/mol. The van der Waals surface area contributed by atoms with Crippen molar-refractivity contribution in [1.82, 2.24) is 24.4 Å². The molecule has 1 saturated heterocycles. The molecule has 0 unspecified atom stereocenters. The fourth-order valence-corrected chi connectivity index (χ4v) is 3.75. The molecule has 3 aromatic rings. The summed E-state index contributed by atoms with van der Waals surface area (Å²) in [5, 5.41) is 8.91. The van der Waals surface area contributed by atoms with Crippen molar-refractivity contribution < 1.29 is 0 Å². The molecule has 1 saturated carbocycles. The Kier molecular flexibility index (Phi) is 3.98. The summed E-state index contributed by atoms with van der Waals surface area (Å²) in [5.41, 5.74) is 3.84. The van der Waals surface area contributed by atoms with Crippen molar-refractivity contribution in [2.45, 2.75) is 25.4 Å². The quantitative estimate of drug-likeness (QED) is 0.712. The molecule has 0 spiro atoms. The first kappa shape index (κ1) is 16.2. The van der Waals surface area contributed by atoms with Gasteiger partial charge in [0.05, 0.1) is 18.0 Å². The van der Waals surface area contributed by atoms with E-state index in [4.69, 9.17) is 5.26 Å². The van der Waals surface area contributed by atoms with Gasteiger partial charge in [-0.25, -0.2) is 15.0 Å². The SMILES string of the molecule is N#Cc1ccc(CN2CCN(c3ncnc4c3ncn4C3CC3)CC2)cc1. The predicted molar refractivity (Wildman–Crippen MR) is 102 cm³/mol. The van der Waals surface area contributed by atoms with E-state index in [1.165, 1.54) is 18.4 Å². The molecule has 5 rings (SSSR count). The van der Waals surface area contributed by atoms with Crippen molar-refractivity contribution in [3.05, 3.63) is 48.0 Å². The molecule has 7 heteroatoms. The molecule has 7 nitrogen and oxygen atoms in total. The van der Waals surface area contributed by atoms with Crippen molar-refractivity contribution in [3.63, 3.8) is 0 Å². The van der Waals surface area contributed by atoms with Gasteiger partial charge in [0.1, 0.15) is 6.33 Å². The third-order valence-electron chi connectivity index (χ3n) is 5.44. The monoisotopic (exact) mass is 359 g/mol. The average molecular weight is 359 g/mol. The average Bonchev–Trinajstić information content (AvgIpc) is 3.47. The molecule has 0 atom stereocenters. The molecule has 136 valence electrons. The van der Waals surface area contributed by atoms with Crippen LogP contribution in [0.3, 0.4) is 0 Å². The molecule has 1 aliphatic heterocycles. The smallest absolute Gasteiger partial charge is 0.165 e. The molecular formula is C20H21N7. The summed E-state index contributed by atoms with van der Waals surface area (Å²) in [6, 6.07) is 10.6. The fourth-order valence-electron chi connectivity index (χ4n) is 3.75. The zero-order valence-electron chi connectivity index (χ0n) is 15.1. The van der Waals surface area contributed by atoms with Gasteiger partial charge in [-0.05, 0) is 30.5 Å². The highest BCUT2D eigenvalue weighted by Crippen LogP contribution is 2.37. The van der Waals surface area contributed by atoms with E-state index in [0.717, 1.165) is 49.7 Å². The number of nitrogens with zero attached hydrogens (tertiary/aromatic N) is 7. The Balaban J connectivity index is 1.28. The fraction of sp³-hybridized carbons (Fsp3) is 0.400. The molecule has 0 N–H and O–H groups in total. The Morgan fingerprint density at radius 2 is 1.78 bits per heavy atom. The second-order valence-electron chi connectivity index (χ2n) is 7.32. The van der Waals surface area contributed by atoms with Gasteiger partial charge < -0.3 is 9.47 Å². The number of hydrogen-bond donors (Lipinski definition) is 0. The molecule has 2 aromatic heterocycles. The van der Waals surface area contributed by atoms with Crippen molar-refractivity contribution in [3.8, 4) is 6.07 Å². The number of imidazole rings is 1. The van der Waals surface area contributed by atoms with Gasteiger partial charge in [-0.2, -0.15) is 5.26 Å². The van der Waals surface area contributed by atoms with Crippen LogP contribution >= 0.6 is 0 Å². The summed E-state index contributed by atoms with van der Waals surface area (Å²) in [5.74, 6) is 0.956. The van der Waals surface area contributed by atoms with E-state index in [2.05, 4.69) is 35.4 Å². The van der Waals surface area contributed by atoms with Crippen LogP contribution in [0.15, 0.2) is 36.9 Å². The van der Waals surface area contributed by atoms with E-state index >= 15 is 0 Å². The maximum Gasteiger partial charge on any atom is 0.165 e. The molecule has 2 aliphatic rings. The first-order valence-corrected chi connectivity index (χ1v) is 9.46. The Morgan fingerprint density at radius 3 is 2.48 bits per heavy atom. The van der Waals surface area contributed by atoms with Crippen LogP contribution in [-0.2, 0) is 6.54 Å². The first-order valence-electron chi connectivity index (χ1n) is 9.46. The minimum absolute atomic E-state index is 0.571. The van der Waals surface area contributed by atoms with Crippen LogP contribution in [0.5, 0.6) is 0 Å². The highest BCUT2D eigenvalue weighted by atomic mass is 15.3. The van der Waals surface area contributed by atoms with Crippen LogP contribution in [0.25, 0.3) is 11.2 Å². The van der Waals surface area contributed by atoms with Crippen molar-refractivity contribution in [2.75, 3.05) is 31.1 Å². The minimum Gasteiger partial charge on any atom is -0.352 e. The molecule has 0 radical (unpaired) electrons. The first-order chi connectivity index (χ1) is 13.3. The summed E-state index contributed by atoms with van der Waals surface area (Å²) >= 11 is 0.